The third-order valence-corrected chi connectivity index (χ3v) is 6.40. The molecular weight excluding hydrogens is 450 g/mol. The van der Waals surface area contributed by atoms with Crippen LogP contribution in [0.15, 0.2) is 58.9 Å². The predicted octanol–water partition coefficient (Wildman–Crippen LogP) is 4.51. The molecule has 8 heteroatoms. The van der Waals surface area contributed by atoms with Crippen LogP contribution in [0.4, 0.5) is 0 Å². The highest BCUT2D eigenvalue weighted by Crippen LogP contribution is 2.19. The fourth-order valence-electron chi connectivity index (χ4n) is 4.16. The molecule has 1 aromatic heterocycles. The molecule has 3 aromatic rings. The van der Waals surface area contributed by atoms with E-state index >= 15 is 0 Å². The van der Waals surface area contributed by atoms with E-state index in [0.717, 1.165) is 24.8 Å². The average molecular weight is 478 g/mol. The summed E-state index contributed by atoms with van der Waals surface area (Å²) in [5.74, 6) is -0.592. The number of allylic oxidation sites excluding steroid dienone is 1. The monoisotopic (exact) mass is 477 g/mol. The van der Waals surface area contributed by atoms with Crippen LogP contribution in [0, 0.1) is 4.77 Å². The molecule has 0 atom stereocenters. The van der Waals surface area contributed by atoms with E-state index in [-0.39, 0.29) is 22.8 Å². The number of benzene rings is 2. The Morgan fingerprint density at radius 1 is 1.12 bits per heavy atom. The van der Waals surface area contributed by atoms with E-state index < -0.39 is 5.97 Å². The number of amides is 1. The summed E-state index contributed by atoms with van der Waals surface area (Å²) in [5, 5.41) is 3.40. The molecule has 0 spiro atoms. The van der Waals surface area contributed by atoms with Crippen molar-refractivity contribution in [1.82, 2.24) is 14.9 Å². The lowest BCUT2D eigenvalue weighted by Gasteiger charge is -2.13. The van der Waals surface area contributed by atoms with Gasteiger partial charge < -0.3 is 15.0 Å². The van der Waals surface area contributed by atoms with Crippen molar-refractivity contribution in [3.8, 4) is 0 Å². The number of aromatic nitrogens is 2. The third kappa shape index (κ3) is 5.34. The smallest absolute Gasteiger partial charge is 0.337 e. The van der Waals surface area contributed by atoms with Gasteiger partial charge in [-0.25, -0.2) is 4.79 Å². The molecule has 0 fully saturated rings. The Balaban J connectivity index is 1.45. The lowest BCUT2D eigenvalue weighted by Crippen LogP contribution is -2.25. The summed E-state index contributed by atoms with van der Waals surface area (Å²) in [7, 11) is 1.30. The van der Waals surface area contributed by atoms with Gasteiger partial charge in [0.2, 0.25) is 0 Å². The molecule has 1 aliphatic rings. The second-order valence-electron chi connectivity index (χ2n) is 8.38. The molecule has 4 rings (SSSR count). The summed E-state index contributed by atoms with van der Waals surface area (Å²) in [5.41, 5.74) is 3.41. The number of esters is 1. The van der Waals surface area contributed by atoms with E-state index in [4.69, 9.17) is 17.0 Å². The Hall–Kier alpha value is -3.52. The molecule has 1 aliphatic carbocycles. The van der Waals surface area contributed by atoms with Crippen molar-refractivity contribution >= 4 is 35.0 Å². The van der Waals surface area contributed by atoms with Crippen molar-refractivity contribution in [2.45, 2.75) is 38.6 Å². The van der Waals surface area contributed by atoms with Crippen molar-refractivity contribution in [1.29, 1.82) is 0 Å². The van der Waals surface area contributed by atoms with E-state index in [1.807, 2.05) is 12.1 Å². The maximum Gasteiger partial charge on any atom is 0.337 e. The van der Waals surface area contributed by atoms with Crippen LogP contribution < -0.4 is 10.9 Å². The molecule has 0 aliphatic heterocycles. The first-order valence-corrected chi connectivity index (χ1v) is 11.8. The highest BCUT2D eigenvalue weighted by molar-refractivity contribution is 7.71. The Bertz CT molecular complexity index is 1370. The average Bonchev–Trinajstić information content (AvgIpc) is 2.86. The van der Waals surface area contributed by atoms with Crippen molar-refractivity contribution in [2.24, 2.45) is 0 Å². The van der Waals surface area contributed by atoms with Gasteiger partial charge in [-0.3, -0.25) is 14.2 Å². The SMILES string of the molecule is COC(=O)c1ccc2c(=O)n(Cc3ccc(C(=O)NCCC4=CCCCC4)cc3)c(=S)[nH]c2c1. The van der Waals surface area contributed by atoms with Gasteiger partial charge in [-0.1, -0.05) is 23.8 Å². The number of rotatable bonds is 7. The van der Waals surface area contributed by atoms with Crippen molar-refractivity contribution in [3.05, 3.63) is 85.9 Å². The van der Waals surface area contributed by atoms with Crippen LogP contribution in [0.5, 0.6) is 0 Å². The van der Waals surface area contributed by atoms with Crippen LogP contribution in [-0.4, -0.2) is 35.1 Å². The van der Waals surface area contributed by atoms with Crippen LogP contribution in [0.25, 0.3) is 10.9 Å². The standard InChI is InChI=1S/C26H27N3O4S/c1-33-25(32)20-11-12-21-22(15-20)28-26(34)29(24(21)31)16-18-7-9-19(10-8-18)23(30)27-14-13-17-5-3-2-4-6-17/h5,7-12,15H,2-4,6,13-14,16H2,1H3,(H,27,30)(H,28,34). The van der Waals surface area contributed by atoms with Crippen molar-refractivity contribution in [3.63, 3.8) is 0 Å². The van der Waals surface area contributed by atoms with Gasteiger partial charge in [0, 0.05) is 12.1 Å². The highest BCUT2D eigenvalue weighted by Gasteiger charge is 2.12. The molecule has 0 saturated carbocycles. The molecule has 0 saturated heterocycles. The number of hydrogen-bond acceptors (Lipinski definition) is 5. The normalized spacial score (nSPS) is 13.4. The van der Waals surface area contributed by atoms with Gasteiger partial charge in [0.1, 0.15) is 0 Å². The first-order valence-electron chi connectivity index (χ1n) is 11.4. The first kappa shape index (κ1) is 23.6. The Labute approximate surface area is 202 Å². The number of nitrogens with one attached hydrogen (secondary N) is 2. The molecule has 0 bridgehead atoms. The van der Waals surface area contributed by atoms with E-state index in [0.29, 0.717) is 28.6 Å². The van der Waals surface area contributed by atoms with Gasteiger partial charge in [0.15, 0.2) is 4.77 Å². The fraction of sp³-hybridized carbons (Fsp3) is 0.308. The number of ether oxygens (including phenoxy) is 1. The molecule has 34 heavy (non-hydrogen) atoms. The van der Waals surface area contributed by atoms with Crippen LogP contribution >= 0.6 is 12.2 Å². The number of hydrogen-bond donors (Lipinski definition) is 2. The molecular formula is C26H27N3O4S. The third-order valence-electron chi connectivity index (χ3n) is 6.08. The minimum Gasteiger partial charge on any atom is -0.465 e. The summed E-state index contributed by atoms with van der Waals surface area (Å²) >= 11 is 5.39. The summed E-state index contributed by atoms with van der Waals surface area (Å²) in [6.07, 6.45) is 7.96. The zero-order valence-electron chi connectivity index (χ0n) is 19.1. The zero-order valence-corrected chi connectivity index (χ0v) is 19.9. The number of aromatic amines is 1. The lowest BCUT2D eigenvalue weighted by atomic mass is 9.97. The van der Waals surface area contributed by atoms with Crippen LogP contribution in [0.1, 0.15) is 58.4 Å². The zero-order chi connectivity index (χ0) is 24.1. The summed E-state index contributed by atoms with van der Waals surface area (Å²) in [6, 6.07) is 11.9. The molecule has 0 unspecified atom stereocenters. The van der Waals surface area contributed by atoms with Gasteiger partial charge in [0.25, 0.3) is 11.5 Å². The fourth-order valence-corrected chi connectivity index (χ4v) is 4.41. The largest absolute Gasteiger partial charge is 0.465 e. The lowest BCUT2D eigenvalue weighted by molar-refractivity contribution is 0.0600. The van der Waals surface area contributed by atoms with E-state index in [1.54, 1.807) is 30.3 Å². The summed E-state index contributed by atoms with van der Waals surface area (Å²) < 4.78 is 6.44. The molecule has 7 nitrogen and oxygen atoms in total. The van der Waals surface area contributed by atoms with Crippen LogP contribution in [-0.2, 0) is 11.3 Å². The first-order chi connectivity index (χ1) is 16.5. The molecule has 176 valence electrons. The number of carbonyl (C=O) groups excluding carboxylic acids is 2. The number of carbonyl (C=O) groups is 2. The van der Waals surface area contributed by atoms with Crippen molar-refractivity contribution in [2.75, 3.05) is 13.7 Å². The van der Waals surface area contributed by atoms with E-state index in [9.17, 15) is 14.4 Å². The molecule has 2 aromatic carbocycles. The predicted molar refractivity (Wildman–Crippen MR) is 134 cm³/mol. The maximum atomic E-state index is 13.0. The topological polar surface area (TPSA) is 93.2 Å². The van der Waals surface area contributed by atoms with Crippen LogP contribution in [0.3, 0.4) is 0 Å². The Kier molecular flexibility index (Phi) is 7.37. The number of H-pyrrole nitrogens is 1. The summed E-state index contributed by atoms with van der Waals surface area (Å²) in [6.45, 7) is 0.894. The molecule has 1 heterocycles. The summed E-state index contributed by atoms with van der Waals surface area (Å²) in [4.78, 5) is 40.3. The highest BCUT2D eigenvalue weighted by atomic mass is 32.1. The number of nitrogens with zero attached hydrogens (tertiary/aromatic N) is 1. The minimum atomic E-state index is -0.486. The van der Waals surface area contributed by atoms with E-state index in [2.05, 4.69) is 16.4 Å². The molecule has 1 amide bonds. The minimum absolute atomic E-state index is 0.107. The van der Waals surface area contributed by atoms with Gasteiger partial charge in [-0.2, -0.15) is 0 Å². The van der Waals surface area contributed by atoms with E-state index in [1.165, 1.54) is 30.1 Å². The van der Waals surface area contributed by atoms with Gasteiger partial charge >= 0.3 is 5.97 Å². The van der Waals surface area contributed by atoms with Gasteiger partial charge in [-0.15, -0.1) is 0 Å². The maximum absolute atomic E-state index is 13.0. The van der Waals surface area contributed by atoms with Crippen molar-refractivity contribution < 1.29 is 14.3 Å². The Morgan fingerprint density at radius 3 is 2.59 bits per heavy atom. The number of methoxy groups -OCH3 is 1. The second kappa shape index (κ2) is 10.6. The molecule has 0 radical (unpaired) electrons. The Morgan fingerprint density at radius 2 is 1.88 bits per heavy atom. The van der Waals surface area contributed by atoms with Gasteiger partial charge in [0.05, 0.1) is 30.1 Å². The number of fused-ring (bicyclic) bond motifs is 1. The molecule has 2 N–H and O–H groups in total. The van der Waals surface area contributed by atoms with Crippen LogP contribution in [0.2, 0.25) is 0 Å². The second-order valence-corrected chi connectivity index (χ2v) is 8.77. The quantitative estimate of drug-likeness (QED) is 0.297. The van der Waals surface area contributed by atoms with Gasteiger partial charge in [-0.05, 0) is 80.2 Å².